The molecule has 96 valence electrons. The maximum Gasteiger partial charge on any atom is 0.223 e. The van der Waals surface area contributed by atoms with Gasteiger partial charge in [-0.1, -0.05) is 54.6 Å². The van der Waals surface area contributed by atoms with Crippen LogP contribution in [-0.4, -0.2) is 15.8 Å². The van der Waals surface area contributed by atoms with Crippen molar-refractivity contribution in [3.8, 4) is 0 Å². The van der Waals surface area contributed by atoms with E-state index in [0.29, 0.717) is 0 Å². The average molecular weight is 260 g/mol. The maximum atomic E-state index is 12.0. The summed E-state index contributed by atoms with van der Waals surface area (Å²) >= 11 is 0. The van der Waals surface area contributed by atoms with Gasteiger partial charge in [-0.25, -0.2) is 9.97 Å². The summed E-state index contributed by atoms with van der Waals surface area (Å²) < 4.78 is 0. The predicted octanol–water partition coefficient (Wildman–Crippen LogP) is 3.53. The number of benzene rings is 2. The second-order valence-electron chi connectivity index (χ2n) is 4.36. The lowest BCUT2D eigenvalue weighted by Crippen LogP contribution is -2.02. The molecule has 3 rings (SSSR count). The number of carbonyl (C=O) groups is 1. The molecule has 0 aliphatic heterocycles. The average Bonchev–Trinajstić information content (AvgIpc) is 2.53. The molecule has 0 unspecified atom stereocenters. The SMILES string of the molecule is O=C(C=Cc1ccccc1)c1ncc2ccccc2n1. The highest BCUT2D eigenvalue weighted by molar-refractivity contribution is 6.05. The summed E-state index contributed by atoms with van der Waals surface area (Å²) in [4.78, 5) is 20.4. The molecule has 0 spiro atoms. The first-order chi connectivity index (χ1) is 9.83. The molecule has 0 fully saturated rings. The van der Waals surface area contributed by atoms with Crippen LogP contribution < -0.4 is 0 Å². The quantitative estimate of drug-likeness (QED) is 0.534. The van der Waals surface area contributed by atoms with Gasteiger partial charge in [0.1, 0.15) is 0 Å². The van der Waals surface area contributed by atoms with Crippen molar-refractivity contribution in [2.45, 2.75) is 0 Å². The number of para-hydroxylation sites is 1. The van der Waals surface area contributed by atoms with Gasteiger partial charge < -0.3 is 0 Å². The molecular weight excluding hydrogens is 248 g/mol. The number of rotatable bonds is 3. The molecular formula is C17H12N2O. The summed E-state index contributed by atoms with van der Waals surface area (Å²) in [5.74, 6) is 0.0236. The summed E-state index contributed by atoms with van der Waals surface area (Å²) in [6, 6.07) is 17.3. The molecule has 0 saturated carbocycles. The number of hydrogen-bond acceptors (Lipinski definition) is 3. The third kappa shape index (κ3) is 2.62. The third-order valence-electron chi connectivity index (χ3n) is 2.94. The number of ketones is 1. The normalized spacial score (nSPS) is 11.0. The number of hydrogen-bond donors (Lipinski definition) is 0. The van der Waals surface area contributed by atoms with Gasteiger partial charge in [-0.05, 0) is 17.7 Å². The minimum atomic E-state index is -0.195. The fraction of sp³-hybridized carbons (Fsp3) is 0. The molecule has 0 aliphatic rings. The molecule has 0 bridgehead atoms. The first-order valence-electron chi connectivity index (χ1n) is 6.32. The number of allylic oxidation sites excluding steroid dienone is 1. The van der Waals surface area contributed by atoms with E-state index in [9.17, 15) is 4.79 Å². The highest BCUT2D eigenvalue weighted by atomic mass is 16.1. The molecule has 0 aliphatic carbocycles. The first-order valence-corrected chi connectivity index (χ1v) is 6.32. The van der Waals surface area contributed by atoms with E-state index < -0.39 is 0 Å². The number of carbonyl (C=O) groups excluding carboxylic acids is 1. The molecule has 3 heteroatoms. The van der Waals surface area contributed by atoms with E-state index in [1.165, 1.54) is 6.08 Å². The van der Waals surface area contributed by atoms with E-state index in [1.807, 2.05) is 54.6 Å². The third-order valence-corrected chi connectivity index (χ3v) is 2.94. The zero-order valence-electron chi connectivity index (χ0n) is 10.7. The Morgan fingerprint density at radius 2 is 1.70 bits per heavy atom. The molecule has 1 heterocycles. The fourth-order valence-corrected chi connectivity index (χ4v) is 1.90. The van der Waals surface area contributed by atoms with Gasteiger partial charge in [0.15, 0.2) is 0 Å². The van der Waals surface area contributed by atoms with E-state index in [1.54, 1.807) is 12.3 Å². The summed E-state index contributed by atoms with van der Waals surface area (Å²) in [6.45, 7) is 0. The Labute approximate surface area is 116 Å². The van der Waals surface area contributed by atoms with Crippen molar-refractivity contribution in [2.75, 3.05) is 0 Å². The van der Waals surface area contributed by atoms with Crippen LogP contribution in [0.2, 0.25) is 0 Å². The summed E-state index contributed by atoms with van der Waals surface area (Å²) in [6.07, 6.45) is 4.94. The molecule has 0 saturated heterocycles. The van der Waals surface area contributed by atoms with E-state index in [2.05, 4.69) is 9.97 Å². The second-order valence-corrected chi connectivity index (χ2v) is 4.36. The summed E-state index contributed by atoms with van der Waals surface area (Å²) in [5.41, 5.74) is 1.75. The Hall–Kier alpha value is -2.81. The Morgan fingerprint density at radius 1 is 0.950 bits per heavy atom. The van der Waals surface area contributed by atoms with Crippen LogP contribution in [0.3, 0.4) is 0 Å². The predicted molar refractivity (Wildman–Crippen MR) is 79.3 cm³/mol. The standard InChI is InChI=1S/C17H12N2O/c20-16(11-10-13-6-2-1-3-7-13)17-18-12-14-8-4-5-9-15(14)19-17/h1-12H. The lowest BCUT2D eigenvalue weighted by molar-refractivity contribution is 0.103. The summed E-state index contributed by atoms with van der Waals surface area (Å²) in [5, 5.41) is 0.927. The van der Waals surface area contributed by atoms with Crippen molar-refractivity contribution in [3.63, 3.8) is 0 Å². The zero-order valence-corrected chi connectivity index (χ0v) is 10.7. The van der Waals surface area contributed by atoms with Crippen LogP contribution in [0.4, 0.5) is 0 Å². The van der Waals surface area contributed by atoms with Crippen LogP contribution in [0.15, 0.2) is 66.9 Å². The van der Waals surface area contributed by atoms with Crippen LogP contribution in [0.5, 0.6) is 0 Å². The Morgan fingerprint density at radius 3 is 2.55 bits per heavy atom. The topological polar surface area (TPSA) is 42.9 Å². The van der Waals surface area contributed by atoms with Gasteiger partial charge in [-0.3, -0.25) is 4.79 Å². The molecule has 1 aromatic heterocycles. The van der Waals surface area contributed by atoms with Crippen LogP contribution in [0.25, 0.3) is 17.0 Å². The van der Waals surface area contributed by atoms with E-state index in [4.69, 9.17) is 0 Å². The fourth-order valence-electron chi connectivity index (χ4n) is 1.90. The molecule has 2 aromatic carbocycles. The molecule has 3 nitrogen and oxygen atoms in total. The summed E-state index contributed by atoms with van der Waals surface area (Å²) in [7, 11) is 0. The Balaban J connectivity index is 1.87. The molecule has 20 heavy (non-hydrogen) atoms. The molecule has 0 N–H and O–H groups in total. The Bertz CT molecular complexity index is 779. The number of aromatic nitrogens is 2. The lowest BCUT2D eigenvalue weighted by Gasteiger charge is -1.98. The first kappa shape index (κ1) is 12.2. The van der Waals surface area contributed by atoms with Crippen molar-refractivity contribution >= 4 is 22.8 Å². The van der Waals surface area contributed by atoms with Crippen LogP contribution >= 0.6 is 0 Å². The molecule has 0 amide bonds. The van der Waals surface area contributed by atoms with Crippen molar-refractivity contribution in [2.24, 2.45) is 0 Å². The van der Waals surface area contributed by atoms with Gasteiger partial charge in [0.2, 0.25) is 11.6 Å². The van der Waals surface area contributed by atoms with Crippen LogP contribution in [0.1, 0.15) is 16.2 Å². The van der Waals surface area contributed by atoms with Crippen LogP contribution in [0, 0.1) is 0 Å². The minimum absolute atomic E-state index is 0.195. The number of fused-ring (bicyclic) bond motifs is 1. The molecule has 0 atom stereocenters. The maximum absolute atomic E-state index is 12.0. The highest BCUT2D eigenvalue weighted by Crippen LogP contribution is 2.10. The van der Waals surface area contributed by atoms with E-state index >= 15 is 0 Å². The van der Waals surface area contributed by atoms with E-state index in [0.717, 1.165) is 16.5 Å². The molecule has 0 radical (unpaired) electrons. The van der Waals surface area contributed by atoms with Gasteiger partial charge in [0.25, 0.3) is 0 Å². The van der Waals surface area contributed by atoms with Crippen molar-refractivity contribution < 1.29 is 4.79 Å². The van der Waals surface area contributed by atoms with Crippen molar-refractivity contribution in [1.82, 2.24) is 9.97 Å². The smallest absolute Gasteiger partial charge is 0.223 e. The van der Waals surface area contributed by atoms with Gasteiger partial charge in [0.05, 0.1) is 5.52 Å². The van der Waals surface area contributed by atoms with Crippen LogP contribution in [-0.2, 0) is 0 Å². The van der Waals surface area contributed by atoms with Gasteiger partial charge in [-0.15, -0.1) is 0 Å². The minimum Gasteiger partial charge on any atom is -0.286 e. The van der Waals surface area contributed by atoms with Crippen molar-refractivity contribution in [3.05, 3.63) is 78.3 Å². The number of nitrogens with zero attached hydrogens (tertiary/aromatic N) is 2. The largest absolute Gasteiger partial charge is 0.286 e. The van der Waals surface area contributed by atoms with E-state index in [-0.39, 0.29) is 11.6 Å². The zero-order chi connectivity index (χ0) is 13.8. The van der Waals surface area contributed by atoms with Gasteiger partial charge >= 0.3 is 0 Å². The monoisotopic (exact) mass is 260 g/mol. The highest BCUT2D eigenvalue weighted by Gasteiger charge is 2.06. The second kappa shape index (κ2) is 5.45. The Kier molecular flexibility index (Phi) is 3.33. The van der Waals surface area contributed by atoms with Gasteiger partial charge in [0, 0.05) is 11.6 Å². The van der Waals surface area contributed by atoms with Crippen molar-refractivity contribution in [1.29, 1.82) is 0 Å². The van der Waals surface area contributed by atoms with Gasteiger partial charge in [-0.2, -0.15) is 0 Å². The lowest BCUT2D eigenvalue weighted by atomic mass is 10.2. The molecule has 3 aromatic rings.